The zero-order valence-electron chi connectivity index (χ0n) is 8.79. The molecule has 3 rings (SSSR count). The lowest BCUT2D eigenvalue weighted by molar-refractivity contribution is 1.05. The Morgan fingerprint density at radius 3 is 2.71 bits per heavy atom. The molecule has 0 radical (unpaired) electrons. The zero-order valence-corrected chi connectivity index (χ0v) is 9.61. The Hall–Kier alpha value is -2.21. The predicted molar refractivity (Wildman–Crippen MR) is 69.3 cm³/mol. The lowest BCUT2D eigenvalue weighted by atomic mass is 10.3. The fraction of sp³-hybridized carbons (Fsp3) is 0. The lowest BCUT2D eigenvalue weighted by Crippen LogP contribution is -1.97. The van der Waals surface area contributed by atoms with Crippen molar-refractivity contribution in [3.8, 4) is 0 Å². The van der Waals surface area contributed by atoms with Gasteiger partial charge in [0, 0.05) is 0 Å². The smallest absolute Gasteiger partial charge is 0.189 e. The van der Waals surface area contributed by atoms with Crippen LogP contribution in [0.15, 0.2) is 36.4 Å². The largest absolute Gasteiger partial charge is 0.382 e. The Bertz CT molecular complexity index is 613. The highest BCUT2D eigenvalue weighted by atomic mass is 32.1. The van der Waals surface area contributed by atoms with Gasteiger partial charge in [0.2, 0.25) is 0 Å². The van der Waals surface area contributed by atoms with Crippen molar-refractivity contribution >= 4 is 38.3 Å². The van der Waals surface area contributed by atoms with E-state index in [9.17, 15) is 0 Å². The van der Waals surface area contributed by atoms with Crippen molar-refractivity contribution in [1.29, 1.82) is 0 Å². The summed E-state index contributed by atoms with van der Waals surface area (Å²) in [5.41, 5.74) is 6.44. The molecule has 0 spiro atoms. The van der Waals surface area contributed by atoms with Gasteiger partial charge in [-0.1, -0.05) is 23.5 Å². The molecule has 0 aliphatic heterocycles. The number of para-hydroxylation sites is 1. The number of hydrogen-bond donors (Lipinski definition) is 2. The summed E-state index contributed by atoms with van der Waals surface area (Å²) in [6.07, 6.45) is 0. The van der Waals surface area contributed by atoms with Crippen molar-refractivity contribution in [2.24, 2.45) is 0 Å². The van der Waals surface area contributed by atoms with Crippen LogP contribution in [0.25, 0.3) is 10.2 Å². The lowest BCUT2D eigenvalue weighted by Gasteiger charge is -1.99. The number of rotatable bonds is 2. The number of nitrogens with zero attached hydrogens (tertiary/aromatic N) is 3. The molecular weight excluding hydrogens is 234 g/mol. The molecule has 0 bridgehead atoms. The van der Waals surface area contributed by atoms with Crippen LogP contribution in [0, 0.1) is 0 Å². The van der Waals surface area contributed by atoms with Gasteiger partial charge in [-0.3, -0.25) is 0 Å². The Kier molecular flexibility index (Phi) is 2.34. The van der Waals surface area contributed by atoms with Crippen LogP contribution in [0.4, 0.5) is 16.8 Å². The van der Waals surface area contributed by atoms with E-state index in [1.165, 1.54) is 0 Å². The monoisotopic (exact) mass is 243 g/mol. The molecule has 3 aromatic rings. The van der Waals surface area contributed by atoms with Crippen molar-refractivity contribution in [1.82, 2.24) is 15.2 Å². The van der Waals surface area contributed by atoms with Gasteiger partial charge >= 0.3 is 0 Å². The third-order valence-corrected chi connectivity index (χ3v) is 3.17. The topological polar surface area (TPSA) is 76.7 Å². The minimum Gasteiger partial charge on any atom is -0.382 e. The number of aromatic nitrogens is 3. The SMILES string of the molecule is Nc1ccc(Nc2nc3ccccc3s2)nn1. The van der Waals surface area contributed by atoms with Crippen molar-refractivity contribution in [3.05, 3.63) is 36.4 Å². The third-order valence-electron chi connectivity index (χ3n) is 2.21. The molecular formula is C11H9N5S. The minimum atomic E-state index is 0.403. The fourth-order valence-corrected chi connectivity index (χ4v) is 2.32. The summed E-state index contributed by atoms with van der Waals surface area (Å²) in [5, 5.41) is 11.6. The highest BCUT2D eigenvalue weighted by Crippen LogP contribution is 2.27. The fourth-order valence-electron chi connectivity index (χ4n) is 1.44. The van der Waals surface area contributed by atoms with Crippen LogP contribution in [-0.2, 0) is 0 Å². The molecule has 3 N–H and O–H groups in total. The van der Waals surface area contributed by atoms with Crippen LogP contribution in [-0.4, -0.2) is 15.2 Å². The van der Waals surface area contributed by atoms with Gasteiger partial charge in [-0.25, -0.2) is 4.98 Å². The highest BCUT2D eigenvalue weighted by Gasteiger charge is 2.03. The van der Waals surface area contributed by atoms with Crippen LogP contribution in [0.3, 0.4) is 0 Å². The number of fused-ring (bicyclic) bond motifs is 1. The maximum Gasteiger partial charge on any atom is 0.189 e. The first-order valence-corrected chi connectivity index (χ1v) is 5.85. The average molecular weight is 243 g/mol. The molecule has 2 aromatic heterocycles. The Balaban J connectivity index is 1.92. The second-order valence-corrected chi connectivity index (χ2v) is 4.49. The van der Waals surface area contributed by atoms with Crippen LogP contribution >= 0.6 is 11.3 Å². The average Bonchev–Trinajstić information content (AvgIpc) is 2.74. The van der Waals surface area contributed by atoms with Crippen LogP contribution in [0.1, 0.15) is 0 Å². The summed E-state index contributed by atoms with van der Waals surface area (Å²) in [6, 6.07) is 11.4. The molecule has 6 heteroatoms. The molecule has 1 aromatic carbocycles. The van der Waals surface area contributed by atoms with Gasteiger partial charge in [-0.05, 0) is 24.3 Å². The number of thiazole rings is 1. The first-order valence-electron chi connectivity index (χ1n) is 5.03. The molecule has 0 aliphatic carbocycles. The second-order valence-electron chi connectivity index (χ2n) is 3.46. The van der Waals surface area contributed by atoms with E-state index in [-0.39, 0.29) is 0 Å². The van der Waals surface area contributed by atoms with E-state index in [2.05, 4.69) is 20.5 Å². The summed E-state index contributed by atoms with van der Waals surface area (Å²) in [4.78, 5) is 4.44. The normalized spacial score (nSPS) is 10.6. The molecule has 5 nitrogen and oxygen atoms in total. The molecule has 0 aliphatic rings. The summed E-state index contributed by atoms with van der Waals surface area (Å²) in [7, 11) is 0. The first kappa shape index (κ1) is 9.98. The highest BCUT2D eigenvalue weighted by molar-refractivity contribution is 7.22. The molecule has 0 amide bonds. The number of benzene rings is 1. The van der Waals surface area contributed by atoms with E-state index in [1.54, 1.807) is 23.5 Å². The molecule has 0 atom stereocenters. The van der Waals surface area contributed by atoms with Crippen molar-refractivity contribution in [2.75, 3.05) is 11.1 Å². The van der Waals surface area contributed by atoms with Gasteiger partial charge in [-0.15, -0.1) is 10.2 Å². The van der Waals surface area contributed by atoms with E-state index in [4.69, 9.17) is 5.73 Å². The van der Waals surface area contributed by atoms with Gasteiger partial charge in [0.05, 0.1) is 10.2 Å². The summed E-state index contributed by atoms with van der Waals surface area (Å²) < 4.78 is 1.14. The van der Waals surface area contributed by atoms with Crippen LogP contribution in [0.5, 0.6) is 0 Å². The number of anilines is 3. The van der Waals surface area contributed by atoms with Gasteiger partial charge < -0.3 is 11.1 Å². The summed E-state index contributed by atoms with van der Waals surface area (Å²) in [6.45, 7) is 0. The van der Waals surface area contributed by atoms with Crippen LogP contribution in [0.2, 0.25) is 0 Å². The zero-order chi connectivity index (χ0) is 11.7. The molecule has 84 valence electrons. The molecule has 0 saturated heterocycles. The van der Waals surface area contributed by atoms with Gasteiger partial charge in [-0.2, -0.15) is 0 Å². The Labute approximate surface area is 101 Å². The predicted octanol–water partition coefficient (Wildman–Crippen LogP) is 2.41. The van der Waals surface area contributed by atoms with E-state index in [1.807, 2.05) is 24.3 Å². The van der Waals surface area contributed by atoms with E-state index >= 15 is 0 Å². The first-order chi connectivity index (χ1) is 8.31. The molecule has 0 unspecified atom stereocenters. The number of nitrogens with two attached hydrogens (primary N) is 1. The van der Waals surface area contributed by atoms with Gasteiger partial charge in [0.1, 0.15) is 5.82 Å². The number of hydrogen-bond acceptors (Lipinski definition) is 6. The van der Waals surface area contributed by atoms with Crippen molar-refractivity contribution in [3.63, 3.8) is 0 Å². The van der Waals surface area contributed by atoms with Crippen LogP contribution < -0.4 is 11.1 Å². The molecule has 2 heterocycles. The van der Waals surface area contributed by atoms with Gasteiger partial charge in [0.25, 0.3) is 0 Å². The quantitative estimate of drug-likeness (QED) is 0.722. The van der Waals surface area contributed by atoms with E-state index < -0.39 is 0 Å². The summed E-state index contributed by atoms with van der Waals surface area (Å²) in [5.74, 6) is 1.04. The molecule has 17 heavy (non-hydrogen) atoms. The summed E-state index contributed by atoms with van der Waals surface area (Å²) >= 11 is 1.58. The maximum atomic E-state index is 5.47. The Morgan fingerprint density at radius 2 is 1.94 bits per heavy atom. The Morgan fingerprint density at radius 1 is 1.06 bits per heavy atom. The van der Waals surface area contributed by atoms with E-state index in [0.29, 0.717) is 11.6 Å². The van der Waals surface area contributed by atoms with E-state index in [0.717, 1.165) is 15.3 Å². The number of nitrogens with one attached hydrogen (secondary N) is 1. The third kappa shape index (κ3) is 2.02. The standard InChI is InChI=1S/C11H9N5S/c12-9-5-6-10(16-15-9)14-11-13-7-3-1-2-4-8(7)17-11/h1-6H,(H2,12,15)(H,13,14,16). The molecule has 0 fully saturated rings. The second kappa shape index (κ2) is 3.99. The van der Waals surface area contributed by atoms with Crippen molar-refractivity contribution < 1.29 is 0 Å². The maximum absolute atomic E-state index is 5.47. The number of nitrogen functional groups attached to an aromatic ring is 1. The minimum absolute atomic E-state index is 0.403. The van der Waals surface area contributed by atoms with Gasteiger partial charge in [0.15, 0.2) is 10.9 Å². The van der Waals surface area contributed by atoms with Crippen molar-refractivity contribution in [2.45, 2.75) is 0 Å². The molecule has 0 saturated carbocycles.